The Bertz CT molecular complexity index is 1240. The number of benzene rings is 2. The van der Waals surface area contributed by atoms with Gasteiger partial charge < -0.3 is 10.2 Å². The van der Waals surface area contributed by atoms with E-state index in [4.69, 9.17) is 15.0 Å². The summed E-state index contributed by atoms with van der Waals surface area (Å²) in [6, 6.07) is 17.6. The van der Waals surface area contributed by atoms with Crippen LogP contribution in [-0.2, 0) is 21.0 Å². The van der Waals surface area contributed by atoms with Gasteiger partial charge in [-0.15, -0.1) is 0 Å². The number of carbonyl (C=O) groups is 3. The van der Waals surface area contributed by atoms with Crippen molar-refractivity contribution in [1.29, 1.82) is 0 Å². The Kier molecular flexibility index (Phi) is 5.40. The zero-order chi connectivity index (χ0) is 23.3. The molecule has 2 saturated heterocycles. The van der Waals surface area contributed by atoms with Crippen LogP contribution in [0, 0.1) is 5.92 Å². The molecule has 5 rings (SSSR count). The zero-order valence-corrected chi connectivity index (χ0v) is 19.2. The minimum absolute atomic E-state index is 0.287. The molecule has 2 fully saturated rings. The number of carbonyl (C=O) groups excluding carboxylic acids is 3. The average Bonchev–Trinajstić information content (AvgIpc) is 3.48. The van der Waals surface area contributed by atoms with Crippen LogP contribution in [0.3, 0.4) is 0 Å². The van der Waals surface area contributed by atoms with Crippen molar-refractivity contribution in [3.63, 3.8) is 0 Å². The molecule has 0 spiro atoms. The normalized spacial score (nSPS) is 22.7. The number of likely N-dealkylation sites (tertiary alicyclic amines) is 1. The summed E-state index contributed by atoms with van der Waals surface area (Å²) in [6.07, 6.45) is -0.904. The van der Waals surface area contributed by atoms with E-state index in [2.05, 4.69) is 15.9 Å². The smallest absolute Gasteiger partial charge is 0.261 e. The predicted octanol–water partition coefficient (Wildman–Crippen LogP) is 3.28. The first-order chi connectivity index (χ1) is 15.8. The van der Waals surface area contributed by atoms with Gasteiger partial charge in [0.2, 0.25) is 11.8 Å². The number of rotatable bonds is 5. The van der Waals surface area contributed by atoms with Crippen LogP contribution < -0.4 is 5.73 Å². The fraction of sp³-hybridized carbons (Fsp3) is 0.208. The van der Waals surface area contributed by atoms with Crippen molar-refractivity contribution >= 4 is 33.7 Å². The van der Waals surface area contributed by atoms with Crippen LogP contribution in [0.5, 0.6) is 0 Å². The first-order valence-electron chi connectivity index (χ1n) is 10.3. The molecule has 0 saturated carbocycles. The molecule has 2 aliphatic heterocycles. The van der Waals surface area contributed by atoms with Crippen LogP contribution in [0.2, 0.25) is 0 Å². The van der Waals surface area contributed by atoms with Gasteiger partial charge in [-0.2, -0.15) is 5.06 Å². The molecule has 3 atom stereocenters. The highest BCUT2D eigenvalue weighted by Gasteiger charge is 2.59. The Morgan fingerprint density at radius 1 is 1.00 bits per heavy atom. The topological polar surface area (TPSA) is 106 Å². The number of nitrogens with zero attached hydrogens (tertiary/aromatic N) is 2. The van der Waals surface area contributed by atoms with E-state index in [1.165, 1.54) is 7.05 Å². The molecule has 3 aromatic rings. The van der Waals surface area contributed by atoms with Gasteiger partial charge in [-0.1, -0.05) is 40.2 Å². The third-order valence-corrected chi connectivity index (χ3v) is 6.57. The van der Waals surface area contributed by atoms with E-state index < -0.39 is 24.0 Å². The summed E-state index contributed by atoms with van der Waals surface area (Å²) in [5.41, 5.74) is 7.44. The third kappa shape index (κ3) is 3.78. The number of amides is 3. The molecule has 8 nitrogen and oxygen atoms in total. The Hall–Kier alpha value is -3.27. The van der Waals surface area contributed by atoms with Crippen molar-refractivity contribution in [3.8, 4) is 11.3 Å². The summed E-state index contributed by atoms with van der Waals surface area (Å²) < 4.78 is 7.11. The van der Waals surface area contributed by atoms with Crippen molar-refractivity contribution < 1.29 is 23.6 Å². The number of halogens is 1. The van der Waals surface area contributed by atoms with E-state index in [1.807, 2.05) is 36.4 Å². The van der Waals surface area contributed by atoms with Crippen molar-refractivity contribution in [3.05, 3.63) is 82.0 Å². The standard InChI is InChI=1S/C24H20BrN3O5/c1-27-23(30)19-20(18-11-10-17(32-18)14-6-8-16(25)9-7-14)28(33-21(19)24(27)31)12-13-2-4-15(5-3-13)22(26)29/h2-11,19-21H,12H2,1H3,(H2,26,29). The lowest BCUT2D eigenvalue weighted by atomic mass is 9.94. The molecule has 33 heavy (non-hydrogen) atoms. The molecular weight excluding hydrogens is 490 g/mol. The SMILES string of the molecule is CN1C(=O)C2ON(Cc3ccc(C(N)=O)cc3)C(c3ccc(-c4ccc(Br)cc4)o3)C2C1=O. The molecule has 2 aliphatic rings. The second-order valence-corrected chi connectivity index (χ2v) is 8.99. The molecule has 3 unspecified atom stereocenters. The number of fused-ring (bicyclic) bond motifs is 1. The van der Waals surface area contributed by atoms with E-state index >= 15 is 0 Å². The maximum Gasteiger partial charge on any atom is 0.261 e. The molecule has 0 radical (unpaired) electrons. The molecule has 1 aromatic heterocycles. The highest BCUT2D eigenvalue weighted by Crippen LogP contribution is 2.46. The van der Waals surface area contributed by atoms with Gasteiger partial charge in [0.1, 0.15) is 23.5 Å². The number of primary amides is 1. The molecule has 2 aromatic carbocycles. The van der Waals surface area contributed by atoms with E-state index in [9.17, 15) is 14.4 Å². The predicted molar refractivity (Wildman–Crippen MR) is 121 cm³/mol. The van der Waals surface area contributed by atoms with Crippen LogP contribution in [0.4, 0.5) is 0 Å². The summed E-state index contributed by atoms with van der Waals surface area (Å²) in [5, 5.41) is 1.61. The summed E-state index contributed by atoms with van der Waals surface area (Å²) in [6.45, 7) is 0.287. The van der Waals surface area contributed by atoms with Crippen molar-refractivity contribution in [2.75, 3.05) is 7.05 Å². The monoisotopic (exact) mass is 509 g/mol. The van der Waals surface area contributed by atoms with E-state index in [1.54, 1.807) is 29.3 Å². The maximum absolute atomic E-state index is 12.9. The zero-order valence-electron chi connectivity index (χ0n) is 17.6. The first kappa shape index (κ1) is 21.6. The number of nitrogens with two attached hydrogens (primary N) is 1. The number of furan rings is 1. The van der Waals surface area contributed by atoms with Gasteiger partial charge in [0.05, 0.1) is 0 Å². The molecule has 0 aliphatic carbocycles. The summed E-state index contributed by atoms with van der Waals surface area (Å²) in [5.74, 6) is -0.718. The van der Waals surface area contributed by atoms with Gasteiger partial charge in [-0.05, 0) is 42.0 Å². The fourth-order valence-corrected chi connectivity index (χ4v) is 4.56. The highest BCUT2D eigenvalue weighted by atomic mass is 79.9. The Morgan fingerprint density at radius 3 is 2.36 bits per heavy atom. The molecule has 3 amide bonds. The lowest BCUT2D eigenvalue weighted by molar-refractivity contribution is -0.184. The molecular formula is C24H20BrN3O5. The third-order valence-electron chi connectivity index (χ3n) is 6.04. The van der Waals surface area contributed by atoms with Gasteiger partial charge >= 0.3 is 0 Å². The Balaban J connectivity index is 1.48. The van der Waals surface area contributed by atoms with E-state index in [-0.39, 0.29) is 18.4 Å². The van der Waals surface area contributed by atoms with Crippen molar-refractivity contribution in [2.45, 2.75) is 18.7 Å². The largest absolute Gasteiger partial charge is 0.459 e. The van der Waals surface area contributed by atoms with Gasteiger partial charge in [0, 0.05) is 29.2 Å². The van der Waals surface area contributed by atoms with Gasteiger partial charge in [0.15, 0.2) is 6.10 Å². The summed E-state index contributed by atoms with van der Waals surface area (Å²) in [7, 11) is 1.46. The minimum Gasteiger partial charge on any atom is -0.459 e. The number of imide groups is 1. The number of hydroxylamine groups is 2. The first-order valence-corrected chi connectivity index (χ1v) is 11.1. The Morgan fingerprint density at radius 2 is 1.70 bits per heavy atom. The van der Waals surface area contributed by atoms with Crippen molar-refractivity contribution in [1.82, 2.24) is 9.96 Å². The number of hydrogen-bond acceptors (Lipinski definition) is 6. The lowest BCUT2D eigenvalue weighted by Gasteiger charge is -2.24. The quantitative estimate of drug-likeness (QED) is 0.529. The average molecular weight is 510 g/mol. The van der Waals surface area contributed by atoms with Crippen LogP contribution in [-0.4, -0.2) is 40.8 Å². The highest BCUT2D eigenvalue weighted by molar-refractivity contribution is 9.10. The van der Waals surface area contributed by atoms with Crippen LogP contribution in [0.25, 0.3) is 11.3 Å². The fourth-order valence-electron chi connectivity index (χ4n) is 4.30. The number of hydrogen-bond donors (Lipinski definition) is 1. The molecule has 2 N–H and O–H groups in total. The van der Waals surface area contributed by atoms with Crippen LogP contribution in [0.15, 0.2) is 69.6 Å². The second kappa shape index (κ2) is 8.26. The second-order valence-electron chi connectivity index (χ2n) is 8.08. The van der Waals surface area contributed by atoms with Crippen molar-refractivity contribution in [2.24, 2.45) is 11.7 Å². The van der Waals surface area contributed by atoms with Gasteiger partial charge in [-0.25, -0.2) is 0 Å². The molecule has 3 heterocycles. The molecule has 9 heteroatoms. The van der Waals surface area contributed by atoms with Gasteiger partial charge in [-0.3, -0.25) is 24.1 Å². The number of likely N-dealkylation sites (N-methyl/N-ethyl adjacent to an activating group) is 1. The Labute approximate surface area is 198 Å². The lowest BCUT2D eigenvalue weighted by Crippen LogP contribution is -2.34. The summed E-state index contributed by atoms with van der Waals surface area (Å²) in [4.78, 5) is 44.0. The van der Waals surface area contributed by atoms with Crippen LogP contribution in [0.1, 0.15) is 27.7 Å². The minimum atomic E-state index is -0.904. The molecule has 168 valence electrons. The van der Waals surface area contributed by atoms with Crippen LogP contribution >= 0.6 is 15.9 Å². The van der Waals surface area contributed by atoms with E-state index in [0.29, 0.717) is 17.1 Å². The van der Waals surface area contributed by atoms with Gasteiger partial charge in [0.25, 0.3) is 5.91 Å². The molecule has 0 bridgehead atoms. The van der Waals surface area contributed by atoms with E-state index in [0.717, 1.165) is 20.5 Å². The maximum atomic E-state index is 12.9. The summed E-state index contributed by atoms with van der Waals surface area (Å²) >= 11 is 3.42.